The van der Waals surface area contributed by atoms with Crippen molar-refractivity contribution in [3.8, 4) is 0 Å². The van der Waals surface area contributed by atoms with E-state index in [1.54, 1.807) is 11.9 Å². The van der Waals surface area contributed by atoms with Gasteiger partial charge in [0.1, 0.15) is 0 Å². The van der Waals surface area contributed by atoms with E-state index in [2.05, 4.69) is 43.8 Å². The number of halogens is 1. The van der Waals surface area contributed by atoms with E-state index in [0.29, 0.717) is 0 Å². The molecule has 2 aliphatic rings. The minimum absolute atomic E-state index is 0.781. The molecule has 0 atom stereocenters. The summed E-state index contributed by atoms with van der Waals surface area (Å²) < 4.78 is 4.52. The van der Waals surface area contributed by atoms with Crippen molar-refractivity contribution >= 4 is 33.6 Å². The van der Waals surface area contributed by atoms with Gasteiger partial charge >= 0.3 is 0 Å². The highest BCUT2D eigenvalue weighted by Gasteiger charge is 2.32. The standard InChI is InChI=1S/C10H11BrN2S/c11-7-1-4-9-10(5-7)14-12-6-13(9)8-2-3-8/h1,4-5,8,12H,2-3,6H2. The minimum atomic E-state index is 0.781. The molecule has 0 bridgehead atoms. The molecule has 1 fully saturated rings. The topological polar surface area (TPSA) is 15.3 Å². The highest BCUT2D eigenvalue weighted by Crippen LogP contribution is 2.40. The number of benzene rings is 1. The number of anilines is 1. The second kappa shape index (κ2) is 3.43. The fourth-order valence-electron chi connectivity index (χ4n) is 1.78. The maximum Gasteiger partial charge on any atom is 0.0781 e. The van der Waals surface area contributed by atoms with Gasteiger partial charge in [0.2, 0.25) is 0 Å². The number of nitrogens with one attached hydrogen (secondary N) is 1. The maximum absolute atomic E-state index is 3.50. The molecule has 1 saturated carbocycles. The van der Waals surface area contributed by atoms with E-state index >= 15 is 0 Å². The van der Waals surface area contributed by atoms with Crippen LogP contribution in [0.3, 0.4) is 0 Å². The van der Waals surface area contributed by atoms with Crippen LogP contribution in [0.5, 0.6) is 0 Å². The van der Waals surface area contributed by atoms with Crippen LogP contribution < -0.4 is 9.62 Å². The summed E-state index contributed by atoms with van der Waals surface area (Å²) in [6.45, 7) is 0.976. The Kier molecular flexibility index (Phi) is 2.22. The lowest BCUT2D eigenvalue weighted by Crippen LogP contribution is -2.36. The van der Waals surface area contributed by atoms with E-state index in [4.69, 9.17) is 0 Å². The van der Waals surface area contributed by atoms with Gasteiger partial charge in [-0.05, 0) is 43.0 Å². The zero-order chi connectivity index (χ0) is 9.54. The number of hydrogen-bond acceptors (Lipinski definition) is 3. The lowest BCUT2D eigenvalue weighted by Gasteiger charge is -2.31. The molecule has 14 heavy (non-hydrogen) atoms. The summed E-state index contributed by atoms with van der Waals surface area (Å²) in [6.07, 6.45) is 2.70. The average Bonchev–Trinajstić information content (AvgIpc) is 2.99. The molecule has 0 unspecified atom stereocenters. The first kappa shape index (κ1) is 9.07. The number of hydrogen-bond donors (Lipinski definition) is 1. The highest BCUT2D eigenvalue weighted by atomic mass is 79.9. The number of nitrogens with zero attached hydrogens (tertiary/aromatic N) is 1. The van der Waals surface area contributed by atoms with Gasteiger partial charge in [-0.3, -0.25) is 0 Å². The SMILES string of the molecule is Brc1ccc2c(c1)SNCN2C1CC1. The van der Waals surface area contributed by atoms with E-state index in [1.807, 2.05) is 0 Å². The van der Waals surface area contributed by atoms with Crippen molar-refractivity contribution in [1.82, 2.24) is 4.72 Å². The van der Waals surface area contributed by atoms with Crippen LogP contribution in [0, 0.1) is 0 Å². The number of fused-ring (bicyclic) bond motifs is 1. The minimum Gasteiger partial charge on any atom is -0.354 e. The highest BCUT2D eigenvalue weighted by molar-refractivity contribution is 9.10. The van der Waals surface area contributed by atoms with Gasteiger partial charge in [-0.15, -0.1) is 0 Å². The smallest absolute Gasteiger partial charge is 0.0781 e. The third-order valence-electron chi connectivity index (χ3n) is 2.64. The largest absolute Gasteiger partial charge is 0.354 e. The Hall–Kier alpha value is -0.190. The lowest BCUT2D eigenvalue weighted by molar-refractivity contribution is 0.755. The maximum atomic E-state index is 3.50. The molecule has 1 heterocycles. The second-order valence-corrected chi connectivity index (χ2v) is 5.57. The van der Waals surface area contributed by atoms with E-state index in [-0.39, 0.29) is 0 Å². The van der Waals surface area contributed by atoms with Gasteiger partial charge in [-0.25, -0.2) is 4.72 Å². The van der Waals surface area contributed by atoms with Crippen LogP contribution >= 0.6 is 27.9 Å². The Morgan fingerprint density at radius 3 is 3.07 bits per heavy atom. The molecule has 1 aliphatic carbocycles. The molecule has 3 rings (SSSR count). The van der Waals surface area contributed by atoms with Gasteiger partial charge in [0.15, 0.2) is 0 Å². The Labute approximate surface area is 96.3 Å². The molecule has 1 aromatic carbocycles. The molecular formula is C10H11BrN2S. The second-order valence-electron chi connectivity index (χ2n) is 3.72. The number of rotatable bonds is 1. The molecule has 74 valence electrons. The van der Waals surface area contributed by atoms with Crippen molar-refractivity contribution in [2.45, 2.75) is 23.8 Å². The quantitative estimate of drug-likeness (QED) is 0.790. The van der Waals surface area contributed by atoms with Crippen LogP contribution in [-0.2, 0) is 0 Å². The summed E-state index contributed by atoms with van der Waals surface area (Å²) in [5.41, 5.74) is 1.39. The summed E-state index contributed by atoms with van der Waals surface area (Å²) in [7, 11) is 0. The summed E-state index contributed by atoms with van der Waals surface area (Å²) in [4.78, 5) is 3.80. The summed E-state index contributed by atoms with van der Waals surface area (Å²) >= 11 is 5.23. The Morgan fingerprint density at radius 2 is 2.29 bits per heavy atom. The van der Waals surface area contributed by atoms with E-state index in [1.165, 1.54) is 23.4 Å². The van der Waals surface area contributed by atoms with Gasteiger partial charge in [-0.2, -0.15) is 0 Å². The van der Waals surface area contributed by atoms with E-state index in [0.717, 1.165) is 17.2 Å². The van der Waals surface area contributed by atoms with E-state index < -0.39 is 0 Å². The van der Waals surface area contributed by atoms with Crippen LogP contribution in [0.1, 0.15) is 12.8 Å². The summed E-state index contributed by atoms with van der Waals surface area (Å²) in [5.74, 6) is 0. The van der Waals surface area contributed by atoms with Gasteiger partial charge < -0.3 is 4.90 Å². The Bertz CT molecular complexity index is 365. The van der Waals surface area contributed by atoms with Crippen LogP contribution in [-0.4, -0.2) is 12.7 Å². The van der Waals surface area contributed by atoms with Crippen LogP contribution in [0.2, 0.25) is 0 Å². The molecule has 1 aliphatic heterocycles. The molecule has 0 aromatic heterocycles. The van der Waals surface area contributed by atoms with Gasteiger partial charge in [0, 0.05) is 15.4 Å². The normalized spacial score (nSPS) is 20.8. The molecule has 0 amide bonds. The fourth-order valence-corrected chi connectivity index (χ4v) is 3.13. The van der Waals surface area contributed by atoms with Gasteiger partial charge in [-0.1, -0.05) is 15.9 Å². The Morgan fingerprint density at radius 1 is 1.43 bits per heavy atom. The molecule has 0 saturated heterocycles. The Balaban J connectivity index is 2.01. The van der Waals surface area contributed by atoms with Crippen LogP contribution in [0.4, 0.5) is 5.69 Å². The lowest BCUT2D eigenvalue weighted by atomic mass is 10.3. The van der Waals surface area contributed by atoms with Crippen molar-refractivity contribution in [2.24, 2.45) is 0 Å². The summed E-state index contributed by atoms with van der Waals surface area (Å²) in [6, 6.07) is 7.30. The molecule has 1 N–H and O–H groups in total. The monoisotopic (exact) mass is 270 g/mol. The predicted octanol–water partition coefficient (Wildman–Crippen LogP) is 2.99. The average molecular weight is 271 g/mol. The van der Waals surface area contributed by atoms with Gasteiger partial charge in [0.05, 0.1) is 12.4 Å². The summed E-state index contributed by atoms with van der Waals surface area (Å²) in [5, 5.41) is 0. The third kappa shape index (κ3) is 1.55. The zero-order valence-electron chi connectivity index (χ0n) is 7.66. The van der Waals surface area contributed by atoms with Crippen molar-refractivity contribution in [3.05, 3.63) is 22.7 Å². The molecule has 1 aromatic rings. The molecule has 0 spiro atoms. The van der Waals surface area contributed by atoms with Crippen molar-refractivity contribution < 1.29 is 0 Å². The first-order valence-corrected chi connectivity index (χ1v) is 6.41. The molecule has 0 radical (unpaired) electrons. The first-order chi connectivity index (χ1) is 6.84. The third-order valence-corrected chi connectivity index (χ3v) is 3.95. The van der Waals surface area contributed by atoms with Crippen molar-refractivity contribution in [3.63, 3.8) is 0 Å². The predicted molar refractivity (Wildman–Crippen MR) is 63.5 cm³/mol. The van der Waals surface area contributed by atoms with Crippen molar-refractivity contribution in [2.75, 3.05) is 11.6 Å². The van der Waals surface area contributed by atoms with Gasteiger partial charge in [0.25, 0.3) is 0 Å². The van der Waals surface area contributed by atoms with Crippen LogP contribution in [0.25, 0.3) is 0 Å². The first-order valence-electron chi connectivity index (χ1n) is 4.80. The van der Waals surface area contributed by atoms with E-state index in [9.17, 15) is 0 Å². The van der Waals surface area contributed by atoms with Crippen LogP contribution in [0.15, 0.2) is 27.6 Å². The zero-order valence-corrected chi connectivity index (χ0v) is 10.1. The fraction of sp³-hybridized carbons (Fsp3) is 0.400. The molecular weight excluding hydrogens is 260 g/mol. The molecule has 2 nitrogen and oxygen atoms in total. The molecule has 4 heteroatoms. The van der Waals surface area contributed by atoms with Crippen molar-refractivity contribution in [1.29, 1.82) is 0 Å².